The van der Waals surface area contributed by atoms with Crippen molar-refractivity contribution in [1.82, 2.24) is 5.16 Å². The molecule has 22 heavy (non-hydrogen) atoms. The van der Waals surface area contributed by atoms with Crippen LogP contribution in [0.4, 0.5) is 0 Å². The summed E-state index contributed by atoms with van der Waals surface area (Å²) in [5.74, 6) is 0.912. The minimum Gasteiger partial charge on any atom is -0.479 e. The maximum atomic E-state index is 11.9. The van der Waals surface area contributed by atoms with Crippen molar-refractivity contribution in [2.75, 3.05) is 6.61 Å². The lowest BCUT2D eigenvalue weighted by atomic mass is 10.1. The Bertz CT molecular complexity index is 670. The fraction of sp³-hybridized carbons (Fsp3) is 0.312. The molecule has 1 unspecified atom stereocenters. The standard InChI is InChI=1S/C16H16N2O4/c1-11-9-15(18-22-11)12(2)21-16(19)10-13-3-5-14(6-4-13)20-8-7-17/h3-6,9,12H,8,10H2,1-2H3. The lowest BCUT2D eigenvalue weighted by Gasteiger charge is -2.10. The van der Waals surface area contributed by atoms with Crippen molar-refractivity contribution in [3.8, 4) is 11.8 Å². The van der Waals surface area contributed by atoms with E-state index >= 15 is 0 Å². The van der Waals surface area contributed by atoms with E-state index in [1.54, 1.807) is 44.2 Å². The molecule has 0 aliphatic heterocycles. The highest BCUT2D eigenvalue weighted by Crippen LogP contribution is 2.18. The molecule has 0 aliphatic rings. The SMILES string of the molecule is Cc1cc(C(C)OC(=O)Cc2ccc(OCC#N)cc2)no1. The topological polar surface area (TPSA) is 85.4 Å². The van der Waals surface area contributed by atoms with Gasteiger partial charge in [-0.1, -0.05) is 17.3 Å². The molecule has 2 rings (SSSR count). The summed E-state index contributed by atoms with van der Waals surface area (Å²) in [6.07, 6.45) is -0.303. The number of benzene rings is 1. The van der Waals surface area contributed by atoms with Gasteiger partial charge in [0.2, 0.25) is 0 Å². The Morgan fingerprint density at radius 1 is 1.41 bits per heavy atom. The van der Waals surface area contributed by atoms with E-state index in [0.717, 1.165) is 5.56 Å². The average molecular weight is 300 g/mol. The first-order valence-electron chi connectivity index (χ1n) is 6.80. The maximum Gasteiger partial charge on any atom is 0.310 e. The van der Waals surface area contributed by atoms with E-state index in [0.29, 0.717) is 17.2 Å². The third kappa shape index (κ3) is 4.35. The number of nitrogens with zero attached hydrogens (tertiary/aromatic N) is 2. The van der Waals surface area contributed by atoms with E-state index in [-0.39, 0.29) is 19.0 Å². The van der Waals surface area contributed by atoms with Crippen molar-refractivity contribution >= 4 is 5.97 Å². The van der Waals surface area contributed by atoms with Crippen LogP contribution in [0.1, 0.15) is 30.0 Å². The largest absolute Gasteiger partial charge is 0.479 e. The normalized spacial score (nSPS) is 11.5. The summed E-state index contributed by atoms with van der Waals surface area (Å²) in [5.41, 5.74) is 1.39. The molecule has 6 heteroatoms. The van der Waals surface area contributed by atoms with Crippen LogP contribution in [0.3, 0.4) is 0 Å². The Morgan fingerprint density at radius 2 is 2.14 bits per heavy atom. The Balaban J connectivity index is 1.87. The van der Waals surface area contributed by atoms with Crippen molar-refractivity contribution in [3.63, 3.8) is 0 Å². The van der Waals surface area contributed by atoms with Crippen LogP contribution in [0.25, 0.3) is 0 Å². The number of carbonyl (C=O) groups excluding carboxylic acids is 1. The first-order valence-corrected chi connectivity index (χ1v) is 6.80. The molecule has 1 heterocycles. The van der Waals surface area contributed by atoms with Gasteiger partial charge in [-0.3, -0.25) is 4.79 Å². The van der Waals surface area contributed by atoms with Gasteiger partial charge in [-0.05, 0) is 31.5 Å². The molecule has 0 aliphatic carbocycles. The van der Waals surface area contributed by atoms with Gasteiger partial charge in [-0.2, -0.15) is 5.26 Å². The molecule has 0 saturated heterocycles. The van der Waals surface area contributed by atoms with Crippen molar-refractivity contribution in [2.24, 2.45) is 0 Å². The zero-order valence-electron chi connectivity index (χ0n) is 12.4. The lowest BCUT2D eigenvalue weighted by Crippen LogP contribution is -2.11. The molecule has 0 radical (unpaired) electrons. The van der Waals surface area contributed by atoms with Crippen molar-refractivity contribution in [1.29, 1.82) is 5.26 Å². The Labute approximate surface area is 128 Å². The number of nitriles is 1. The maximum absolute atomic E-state index is 11.9. The molecule has 1 aromatic heterocycles. The summed E-state index contributed by atoms with van der Waals surface area (Å²) in [6, 6.07) is 10.6. The van der Waals surface area contributed by atoms with E-state index < -0.39 is 6.10 Å². The molecule has 0 spiro atoms. The summed E-state index contributed by atoms with van der Waals surface area (Å²) in [4.78, 5) is 11.9. The van der Waals surface area contributed by atoms with Crippen LogP contribution in [0.15, 0.2) is 34.9 Å². The second kappa shape index (κ2) is 7.27. The van der Waals surface area contributed by atoms with Gasteiger partial charge in [0.1, 0.15) is 29.4 Å². The minimum absolute atomic E-state index is 0.00395. The van der Waals surface area contributed by atoms with Crippen LogP contribution in [0.2, 0.25) is 0 Å². The molecule has 0 N–H and O–H groups in total. The third-order valence-corrected chi connectivity index (χ3v) is 2.95. The molecule has 1 atom stereocenters. The molecule has 6 nitrogen and oxygen atoms in total. The summed E-state index contributed by atoms with van der Waals surface area (Å²) in [5, 5.41) is 12.3. The van der Waals surface area contributed by atoms with Crippen molar-refractivity contribution in [3.05, 3.63) is 47.3 Å². The van der Waals surface area contributed by atoms with Gasteiger partial charge < -0.3 is 14.0 Å². The zero-order valence-corrected chi connectivity index (χ0v) is 12.4. The van der Waals surface area contributed by atoms with Gasteiger partial charge in [-0.15, -0.1) is 0 Å². The number of aromatic nitrogens is 1. The number of hydrogen-bond acceptors (Lipinski definition) is 6. The van der Waals surface area contributed by atoms with Gasteiger partial charge in [0, 0.05) is 6.07 Å². The van der Waals surface area contributed by atoms with Crippen molar-refractivity contribution in [2.45, 2.75) is 26.4 Å². The molecular formula is C16H16N2O4. The molecule has 0 amide bonds. The highest BCUT2D eigenvalue weighted by Gasteiger charge is 2.15. The molecule has 1 aromatic carbocycles. The van der Waals surface area contributed by atoms with Gasteiger partial charge in [-0.25, -0.2) is 0 Å². The molecule has 0 saturated carbocycles. The van der Waals surface area contributed by atoms with Gasteiger partial charge in [0.25, 0.3) is 0 Å². The van der Waals surface area contributed by atoms with Gasteiger partial charge in [0.05, 0.1) is 6.42 Å². The van der Waals surface area contributed by atoms with Crippen molar-refractivity contribution < 1.29 is 18.8 Å². The van der Waals surface area contributed by atoms with Gasteiger partial charge >= 0.3 is 5.97 Å². The predicted octanol–water partition coefficient (Wildman–Crippen LogP) is 2.73. The molecule has 114 valence electrons. The summed E-state index contributed by atoms with van der Waals surface area (Å²) in [7, 11) is 0. The number of hydrogen-bond donors (Lipinski definition) is 0. The van der Waals surface area contributed by atoms with Crippen LogP contribution in [0.5, 0.6) is 5.75 Å². The highest BCUT2D eigenvalue weighted by atomic mass is 16.5. The van der Waals surface area contributed by atoms with E-state index in [4.69, 9.17) is 19.3 Å². The Morgan fingerprint density at radius 3 is 2.73 bits per heavy atom. The highest BCUT2D eigenvalue weighted by molar-refractivity contribution is 5.72. The molecule has 2 aromatic rings. The lowest BCUT2D eigenvalue weighted by molar-refractivity contribution is -0.148. The molecule has 0 bridgehead atoms. The number of ether oxygens (including phenoxy) is 2. The monoisotopic (exact) mass is 300 g/mol. The quantitative estimate of drug-likeness (QED) is 0.762. The zero-order chi connectivity index (χ0) is 15.9. The predicted molar refractivity (Wildman–Crippen MR) is 77.0 cm³/mol. The molecule has 0 fully saturated rings. The fourth-order valence-electron chi connectivity index (χ4n) is 1.86. The van der Waals surface area contributed by atoms with E-state index in [2.05, 4.69) is 5.16 Å². The Hall–Kier alpha value is -2.81. The first kappa shape index (κ1) is 15.6. The average Bonchev–Trinajstić information content (AvgIpc) is 2.93. The Kier molecular flexibility index (Phi) is 5.15. The fourth-order valence-corrected chi connectivity index (χ4v) is 1.86. The number of rotatable bonds is 6. The van der Waals surface area contributed by atoms with Crippen LogP contribution in [0, 0.1) is 18.3 Å². The van der Waals surface area contributed by atoms with E-state index in [1.165, 1.54) is 0 Å². The summed E-state index contributed by atoms with van der Waals surface area (Å²) >= 11 is 0. The summed E-state index contributed by atoms with van der Waals surface area (Å²) in [6.45, 7) is 3.52. The number of esters is 1. The minimum atomic E-state index is -0.455. The third-order valence-electron chi connectivity index (χ3n) is 2.95. The molecular weight excluding hydrogens is 284 g/mol. The smallest absolute Gasteiger partial charge is 0.310 e. The second-order valence-corrected chi connectivity index (χ2v) is 4.76. The van der Waals surface area contributed by atoms with E-state index in [1.807, 2.05) is 6.07 Å². The van der Waals surface area contributed by atoms with Crippen LogP contribution in [-0.2, 0) is 16.0 Å². The van der Waals surface area contributed by atoms with Crippen LogP contribution < -0.4 is 4.74 Å². The first-order chi connectivity index (χ1) is 10.6. The summed E-state index contributed by atoms with van der Waals surface area (Å²) < 4.78 is 15.4. The number of carbonyl (C=O) groups is 1. The second-order valence-electron chi connectivity index (χ2n) is 4.76. The van der Waals surface area contributed by atoms with E-state index in [9.17, 15) is 4.79 Å². The number of aryl methyl sites for hydroxylation is 1. The van der Waals surface area contributed by atoms with Gasteiger partial charge in [0.15, 0.2) is 6.61 Å². The van der Waals surface area contributed by atoms with Crippen LogP contribution in [-0.4, -0.2) is 17.7 Å². The van der Waals surface area contributed by atoms with Crippen LogP contribution >= 0.6 is 0 Å².